The fraction of sp³-hybridized carbons (Fsp3) is 0.450. The summed E-state index contributed by atoms with van der Waals surface area (Å²) in [7, 11) is 4.45. The van der Waals surface area contributed by atoms with Crippen molar-refractivity contribution in [2.45, 2.75) is 45.0 Å². The number of esters is 1. The molecule has 4 heterocycles. The Balaban J connectivity index is 1.25. The van der Waals surface area contributed by atoms with Gasteiger partial charge in [0.15, 0.2) is 17.3 Å². The Labute approximate surface area is 309 Å². The fourth-order valence-corrected chi connectivity index (χ4v) is 7.58. The molecule has 4 atom stereocenters. The largest absolute Gasteiger partial charge is 0.493 e. The molecule has 0 saturated carbocycles. The van der Waals surface area contributed by atoms with E-state index < -0.39 is 29.5 Å². The lowest BCUT2D eigenvalue weighted by Crippen LogP contribution is -2.61. The molecule has 0 spiro atoms. The molecule has 6 rings (SSSR count). The maximum absolute atomic E-state index is 14.6. The summed E-state index contributed by atoms with van der Waals surface area (Å²) < 4.78 is 34.1. The molecular formula is C40H47N3O10. The third-order valence-electron chi connectivity index (χ3n) is 10.4. The minimum absolute atomic E-state index is 0.0403. The van der Waals surface area contributed by atoms with Crippen molar-refractivity contribution in [3.05, 3.63) is 95.6 Å². The normalized spacial score (nSPS) is 22.9. The lowest BCUT2D eigenvalue weighted by atomic mass is 9.66. The van der Waals surface area contributed by atoms with E-state index in [2.05, 4.69) is 0 Å². The van der Waals surface area contributed by atoms with Gasteiger partial charge in [0, 0.05) is 50.8 Å². The number of rotatable bonds is 13. The lowest BCUT2D eigenvalue weighted by Gasteiger charge is -2.51. The zero-order valence-corrected chi connectivity index (χ0v) is 30.7. The van der Waals surface area contributed by atoms with Gasteiger partial charge in [0.05, 0.1) is 46.9 Å². The number of nitrogens with zero attached hydrogens (tertiary/aromatic N) is 3. The van der Waals surface area contributed by atoms with E-state index >= 15 is 0 Å². The highest BCUT2D eigenvalue weighted by Crippen LogP contribution is 2.50. The van der Waals surface area contributed by atoms with Gasteiger partial charge in [-0.3, -0.25) is 19.2 Å². The van der Waals surface area contributed by atoms with Gasteiger partial charge in [-0.05, 0) is 61.2 Å². The Morgan fingerprint density at radius 3 is 2.30 bits per heavy atom. The van der Waals surface area contributed by atoms with Gasteiger partial charge in [0.2, 0.25) is 11.8 Å². The van der Waals surface area contributed by atoms with Crippen molar-refractivity contribution in [3.8, 4) is 11.5 Å². The highest BCUT2D eigenvalue weighted by molar-refractivity contribution is 5.93. The molecule has 0 radical (unpaired) electrons. The van der Waals surface area contributed by atoms with Crippen molar-refractivity contribution in [3.63, 3.8) is 0 Å². The molecule has 282 valence electrons. The molecule has 0 N–H and O–H groups in total. The topological polar surface area (TPSA) is 137 Å². The molecule has 3 aromatic rings. The number of benzene rings is 2. The van der Waals surface area contributed by atoms with Gasteiger partial charge in [-0.15, -0.1) is 0 Å². The molecule has 2 fully saturated rings. The summed E-state index contributed by atoms with van der Waals surface area (Å²) in [4.78, 5) is 60.1. The standard InChI is InChI=1S/C40H47N3O10/c1-27-40(39(47)50-4)24-30(22-36(44)41-16-18-42(19-17-41)38(46)33-11-8-20-52-33)37(45)43(15-14-28-12-13-32(48-2)34(21-28)49-3)35(40)23-31(53-27)26-51-25-29-9-6-5-7-10-29/h5-13,20-21,23,27,30-31H,14-19,22,24-26H2,1-4H3/t27-,30+,31-,40+/m1/s1. The second-order valence-corrected chi connectivity index (χ2v) is 13.5. The molecule has 3 aliphatic rings. The van der Waals surface area contributed by atoms with E-state index in [9.17, 15) is 19.2 Å². The van der Waals surface area contributed by atoms with Crippen LogP contribution < -0.4 is 9.47 Å². The Morgan fingerprint density at radius 2 is 1.62 bits per heavy atom. The van der Waals surface area contributed by atoms with Crippen molar-refractivity contribution in [1.29, 1.82) is 0 Å². The Hall–Kier alpha value is -5.14. The average molecular weight is 730 g/mol. The molecule has 3 amide bonds. The van der Waals surface area contributed by atoms with Crippen LogP contribution in [0, 0.1) is 11.3 Å². The number of fused-ring (bicyclic) bond motifs is 1. The zero-order valence-electron chi connectivity index (χ0n) is 30.7. The fourth-order valence-electron chi connectivity index (χ4n) is 7.58. The molecule has 2 saturated heterocycles. The van der Waals surface area contributed by atoms with Crippen LogP contribution >= 0.6 is 0 Å². The van der Waals surface area contributed by atoms with E-state index in [1.807, 2.05) is 61.5 Å². The van der Waals surface area contributed by atoms with E-state index in [1.54, 1.807) is 41.1 Å². The van der Waals surface area contributed by atoms with Gasteiger partial charge in [-0.1, -0.05) is 36.4 Å². The second-order valence-electron chi connectivity index (χ2n) is 13.5. The highest BCUT2D eigenvalue weighted by atomic mass is 16.6. The van der Waals surface area contributed by atoms with Crippen molar-refractivity contribution in [1.82, 2.24) is 14.7 Å². The summed E-state index contributed by atoms with van der Waals surface area (Å²) in [6.07, 6.45) is 2.37. The van der Waals surface area contributed by atoms with Crippen LogP contribution in [0.5, 0.6) is 11.5 Å². The van der Waals surface area contributed by atoms with Gasteiger partial charge >= 0.3 is 5.97 Å². The van der Waals surface area contributed by atoms with Gasteiger partial charge in [-0.2, -0.15) is 0 Å². The number of furan rings is 1. The predicted octanol–water partition coefficient (Wildman–Crippen LogP) is 4.11. The van der Waals surface area contributed by atoms with Crippen molar-refractivity contribution < 1.29 is 47.3 Å². The Morgan fingerprint density at radius 1 is 0.887 bits per heavy atom. The van der Waals surface area contributed by atoms with Crippen LogP contribution in [0.2, 0.25) is 0 Å². The van der Waals surface area contributed by atoms with Crippen LogP contribution in [0.4, 0.5) is 0 Å². The van der Waals surface area contributed by atoms with E-state index in [0.29, 0.717) is 56.4 Å². The highest BCUT2D eigenvalue weighted by Gasteiger charge is 2.59. The minimum Gasteiger partial charge on any atom is -0.493 e. The maximum Gasteiger partial charge on any atom is 0.320 e. The number of piperidine rings is 1. The van der Waals surface area contributed by atoms with E-state index in [1.165, 1.54) is 13.4 Å². The molecular weight excluding hydrogens is 682 g/mol. The van der Waals surface area contributed by atoms with Crippen LogP contribution in [-0.2, 0) is 41.6 Å². The van der Waals surface area contributed by atoms with Crippen LogP contribution in [0.15, 0.2) is 83.1 Å². The Bertz CT molecular complexity index is 1790. The number of likely N-dealkylation sites (tertiary alicyclic amines) is 1. The van der Waals surface area contributed by atoms with Crippen molar-refractivity contribution in [2.75, 3.05) is 60.7 Å². The quantitative estimate of drug-likeness (QED) is 0.237. The number of methoxy groups -OCH3 is 3. The van der Waals surface area contributed by atoms with Crippen LogP contribution in [0.25, 0.3) is 0 Å². The second kappa shape index (κ2) is 16.7. The minimum atomic E-state index is -1.35. The zero-order chi connectivity index (χ0) is 37.5. The summed E-state index contributed by atoms with van der Waals surface area (Å²) in [6, 6.07) is 18.6. The first-order chi connectivity index (χ1) is 25.7. The number of carbonyl (C=O) groups is 4. The molecule has 0 bridgehead atoms. The smallest absolute Gasteiger partial charge is 0.320 e. The molecule has 0 unspecified atom stereocenters. The van der Waals surface area contributed by atoms with Gasteiger partial charge in [0.25, 0.3) is 5.91 Å². The summed E-state index contributed by atoms with van der Waals surface area (Å²) in [5, 5.41) is 0. The molecule has 13 nitrogen and oxygen atoms in total. The third kappa shape index (κ3) is 7.96. The molecule has 1 aromatic heterocycles. The molecule has 0 aliphatic carbocycles. The van der Waals surface area contributed by atoms with Crippen molar-refractivity contribution >= 4 is 23.7 Å². The molecule has 53 heavy (non-hydrogen) atoms. The van der Waals surface area contributed by atoms with Crippen LogP contribution in [0.1, 0.15) is 41.4 Å². The van der Waals surface area contributed by atoms with Gasteiger partial charge in [0.1, 0.15) is 11.5 Å². The number of carbonyl (C=O) groups excluding carboxylic acids is 4. The summed E-state index contributed by atoms with van der Waals surface area (Å²) in [5.41, 5.74) is 1.05. The summed E-state index contributed by atoms with van der Waals surface area (Å²) in [6.45, 7) is 3.90. The monoisotopic (exact) mass is 729 g/mol. The van der Waals surface area contributed by atoms with Crippen LogP contribution in [-0.4, -0.2) is 111 Å². The summed E-state index contributed by atoms with van der Waals surface area (Å²) in [5.74, 6) is -0.691. The predicted molar refractivity (Wildman–Crippen MR) is 192 cm³/mol. The first-order valence-corrected chi connectivity index (χ1v) is 17.9. The maximum atomic E-state index is 14.6. The SMILES string of the molecule is COC(=O)[C@]12C[C@H](CC(=O)N3CCN(C(=O)c4ccco4)CC3)C(=O)N(CCc3ccc(OC)c(OC)c3)C1=C[C@H](COCc1ccccc1)O[C@@H]2C. The third-order valence-corrected chi connectivity index (χ3v) is 10.4. The number of amides is 3. The number of hydrogen-bond donors (Lipinski definition) is 0. The molecule has 3 aliphatic heterocycles. The van der Waals surface area contributed by atoms with E-state index in [4.69, 9.17) is 28.1 Å². The van der Waals surface area contributed by atoms with Gasteiger partial charge < -0.3 is 42.8 Å². The summed E-state index contributed by atoms with van der Waals surface area (Å²) >= 11 is 0. The molecule has 13 heteroatoms. The van der Waals surface area contributed by atoms with E-state index in [0.717, 1.165) is 11.1 Å². The van der Waals surface area contributed by atoms with Crippen LogP contribution in [0.3, 0.4) is 0 Å². The first kappa shape index (κ1) is 37.6. The molecule has 2 aromatic carbocycles. The van der Waals surface area contributed by atoms with Gasteiger partial charge in [-0.25, -0.2) is 0 Å². The number of hydrogen-bond acceptors (Lipinski definition) is 10. The van der Waals surface area contributed by atoms with Crippen molar-refractivity contribution in [2.24, 2.45) is 11.3 Å². The average Bonchev–Trinajstić information content (AvgIpc) is 3.73. The number of ether oxygens (including phenoxy) is 5. The number of piperazine rings is 1. The van der Waals surface area contributed by atoms with E-state index in [-0.39, 0.29) is 49.5 Å². The Kier molecular flexibility index (Phi) is 11.8. The first-order valence-electron chi connectivity index (χ1n) is 17.9. The lowest BCUT2D eigenvalue weighted by molar-refractivity contribution is -0.178.